The van der Waals surface area contributed by atoms with Crippen LogP contribution in [0.1, 0.15) is 17.4 Å². The Morgan fingerprint density at radius 1 is 1.21 bits per heavy atom. The number of rotatable bonds is 4. The Morgan fingerprint density at radius 3 is 2.67 bits per heavy atom. The Hall–Kier alpha value is -2.96. The number of aryl methyl sites for hydroxylation is 1. The normalized spacial score (nSPS) is 13.9. The first-order chi connectivity index (χ1) is 11.5. The number of anilines is 1. The van der Waals surface area contributed by atoms with Gasteiger partial charge in [0.1, 0.15) is 18.9 Å². The van der Waals surface area contributed by atoms with Crippen LogP contribution >= 0.6 is 0 Å². The van der Waals surface area contributed by atoms with E-state index in [4.69, 9.17) is 14.2 Å². The summed E-state index contributed by atoms with van der Waals surface area (Å²) < 4.78 is 17.7. The van der Waals surface area contributed by atoms with E-state index in [9.17, 15) is 9.59 Å². The molecule has 2 aromatic rings. The van der Waals surface area contributed by atoms with Crippen LogP contribution < -0.4 is 14.8 Å². The third-order valence-electron chi connectivity index (χ3n) is 3.62. The number of nitrogens with zero attached hydrogens (tertiary/aromatic N) is 1. The highest BCUT2D eigenvalue weighted by Crippen LogP contribution is 2.32. The molecule has 1 aromatic carbocycles. The van der Waals surface area contributed by atoms with Gasteiger partial charge in [-0.15, -0.1) is 0 Å². The Labute approximate surface area is 139 Å². The zero-order chi connectivity index (χ0) is 17.1. The number of hydrogen-bond donors (Lipinski definition) is 1. The second kappa shape index (κ2) is 6.66. The molecule has 0 saturated heterocycles. The van der Waals surface area contributed by atoms with Gasteiger partial charge < -0.3 is 24.1 Å². The lowest BCUT2D eigenvalue weighted by molar-refractivity contribution is -0.123. The minimum atomic E-state index is -0.930. The molecule has 0 aliphatic carbocycles. The molecular formula is C17H18N2O5. The molecule has 126 valence electrons. The largest absolute Gasteiger partial charge is 0.486 e. The minimum Gasteiger partial charge on any atom is -0.486 e. The van der Waals surface area contributed by atoms with Gasteiger partial charge in [0.25, 0.3) is 5.91 Å². The molecule has 7 nitrogen and oxygen atoms in total. The zero-order valence-electron chi connectivity index (χ0n) is 13.4. The van der Waals surface area contributed by atoms with Gasteiger partial charge >= 0.3 is 5.97 Å². The number of amides is 1. The van der Waals surface area contributed by atoms with Crippen molar-refractivity contribution < 1.29 is 23.8 Å². The van der Waals surface area contributed by atoms with Gasteiger partial charge in [0.05, 0.1) is 0 Å². The number of esters is 1. The lowest BCUT2D eigenvalue weighted by atomic mass is 10.2. The van der Waals surface area contributed by atoms with Gasteiger partial charge in [-0.1, -0.05) is 0 Å². The summed E-state index contributed by atoms with van der Waals surface area (Å²) in [6.07, 6.45) is 0.803. The SMILES string of the molecule is C[C@@H](OC(=O)c1cccn1C)C(=O)Nc1ccc2c(c1)OCCO2. The van der Waals surface area contributed by atoms with Gasteiger partial charge in [-0.25, -0.2) is 4.79 Å². The molecule has 0 spiro atoms. The van der Waals surface area contributed by atoms with E-state index in [-0.39, 0.29) is 0 Å². The van der Waals surface area contributed by atoms with Crippen LogP contribution in [0.25, 0.3) is 0 Å². The van der Waals surface area contributed by atoms with Crippen molar-refractivity contribution in [3.05, 3.63) is 42.2 Å². The average Bonchev–Trinajstić information content (AvgIpc) is 3.00. The fourth-order valence-corrected chi connectivity index (χ4v) is 2.31. The first-order valence-electron chi connectivity index (χ1n) is 7.57. The topological polar surface area (TPSA) is 78.8 Å². The number of ether oxygens (including phenoxy) is 3. The second-order valence-electron chi connectivity index (χ2n) is 5.40. The van der Waals surface area contributed by atoms with E-state index >= 15 is 0 Å². The summed E-state index contributed by atoms with van der Waals surface area (Å²) in [5.74, 6) is 0.247. The highest BCUT2D eigenvalue weighted by atomic mass is 16.6. The first-order valence-corrected chi connectivity index (χ1v) is 7.57. The smallest absolute Gasteiger partial charge is 0.355 e. The monoisotopic (exact) mass is 330 g/mol. The summed E-state index contributed by atoms with van der Waals surface area (Å²) in [7, 11) is 1.73. The first kappa shape index (κ1) is 15.9. The molecule has 1 aliphatic rings. The van der Waals surface area contributed by atoms with Crippen molar-refractivity contribution in [2.24, 2.45) is 7.05 Å². The third kappa shape index (κ3) is 3.34. The van der Waals surface area contributed by atoms with Crippen LogP contribution in [0, 0.1) is 0 Å². The molecule has 1 N–H and O–H groups in total. The summed E-state index contributed by atoms with van der Waals surface area (Å²) in [5.41, 5.74) is 0.931. The van der Waals surface area contributed by atoms with Crippen LogP contribution in [0.4, 0.5) is 5.69 Å². The van der Waals surface area contributed by atoms with Gasteiger partial charge in [-0.3, -0.25) is 4.79 Å². The Balaban J connectivity index is 1.62. The van der Waals surface area contributed by atoms with Crippen molar-refractivity contribution in [3.63, 3.8) is 0 Å². The van der Waals surface area contributed by atoms with Crippen LogP contribution in [0.3, 0.4) is 0 Å². The van der Waals surface area contributed by atoms with Crippen LogP contribution in [0.15, 0.2) is 36.5 Å². The lowest BCUT2D eigenvalue weighted by Gasteiger charge is -2.19. The fourth-order valence-electron chi connectivity index (χ4n) is 2.31. The van der Waals surface area contributed by atoms with Gasteiger partial charge in [-0.05, 0) is 31.2 Å². The van der Waals surface area contributed by atoms with Crippen molar-refractivity contribution in [3.8, 4) is 11.5 Å². The van der Waals surface area contributed by atoms with E-state index < -0.39 is 18.0 Å². The van der Waals surface area contributed by atoms with E-state index in [2.05, 4.69) is 5.32 Å². The molecule has 2 heterocycles. The number of nitrogens with one attached hydrogen (secondary N) is 1. The van der Waals surface area contributed by atoms with Crippen molar-refractivity contribution in [1.82, 2.24) is 4.57 Å². The number of fused-ring (bicyclic) bond motifs is 1. The minimum absolute atomic E-state index is 0.383. The van der Waals surface area contributed by atoms with Gasteiger partial charge in [0, 0.05) is 25.0 Å². The summed E-state index contributed by atoms with van der Waals surface area (Å²) in [6.45, 7) is 2.49. The number of carbonyl (C=O) groups is 2. The van der Waals surface area contributed by atoms with Crippen molar-refractivity contribution in [2.45, 2.75) is 13.0 Å². The van der Waals surface area contributed by atoms with Crippen molar-refractivity contribution >= 4 is 17.6 Å². The lowest BCUT2D eigenvalue weighted by Crippen LogP contribution is -2.30. The number of aromatic nitrogens is 1. The molecule has 0 saturated carbocycles. The maximum Gasteiger partial charge on any atom is 0.355 e. The molecule has 0 unspecified atom stereocenters. The standard InChI is InChI=1S/C17H18N2O5/c1-11(24-17(21)13-4-3-7-19(13)2)16(20)18-12-5-6-14-15(10-12)23-9-8-22-14/h3-7,10-11H,8-9H2,1-2H3,(H,18,20)/t11-/m1/s1. The quantitative estimate of drug-likeness (QED) is 0.867. The second-order valence-corrected chi connectivity index (χ2v) is 5.40. The predicted molar refractivity (Wildman–Crippen MR) is 86.4 cm³/mol. The summed E-state index contributed by atoms with van der Waals surface area (Å²) in [4.78, 5) is 24.2. The molecular weight excluding hydrogens is 312 g/mol. The molecule has 1 aliphatic heterocycles. The van der Waals surface area contributed by atoms with Gasteiger partial charge in [-0.2, -0.15) is 0 Å². The maximum absolute atomic E-state index is 12.2. The summed E-state index contributed by atoms with van der Waals surface area (Å²) in [6, 6.07) is 8.48. The predicted octanol–water partition coefficient (Wildman–Crippen LogP) is 1.98. The van der Waals surface area contributed by atoms with Crippen LogP contribution in [0.5, 0.6) is 11.5 Å². The zero-order valence-corrected chi connectivity index (χ0v) is 13.4. The van der Waals surface area contributed by atoms with Crippen molar-refractivity contribution in [1.29, 1.82) is 0 Å². The van der Waals surface area contributed by atoms with E-state index in [0.717, 1.165) is 0 Å². The van der Waals surface area contributed by atoms with Gasteiger partial charge in [0.15, 0.2) is 17.6 Å². The van der Waals surface area contributed by atoms with E-state index in [1.54, 1.807) is 48.1 Å². The van der Waals surface area contributed by atoms with E-state index in [1.807, 2.05) is 0 Å². The van der Waals surface area contributed by atoms with E-state index in [1.165, 1.54) is 6.92 Å². The van der Waals surface area contributed by atoms with Crippen LogP contribution in [0.2, 0.25) is 0 Å². The number of carbonyl (C=O) groups excluding carboxylic acids is 2. The van der Waals surface area contributed by atoms with Gasteiger partial charge in [0.2, 0.25) is 0 Å². The summed E-state index contributed by atoms with van der Waals surface area (Å²) >= 11 is 0. The molecule has 7 heteroatoms. The average molecular weight is 330 g/mol. The molecule has 0 fully saturated rings. The molecule has 3 rings (SSSR count). The number of benzene rings is 1. The van der Waals surface area contributed by atoms with E-state index in [0.29, 0.717) is 36.1 Å². The molecule has 0 radical (unpaired) electrons. The molecule has 1 atom stereocenters. The highest BCUT2D eigenvalue weighted by molar-refractivity contribution is 5.97. The Bertz CT molecular complexity index is 768. The molecule has 0 bridgehead atoms. The Kier molecular flexibility index (Phi) is 4.41. The van der Waals surface area contributed by atoms with Crippen LogP contribution in [-0.4, -0.2) is 35.8 Å². The van der Waals surface area contributed by atoms with Crippen molar-refractivity contribution in [2.75, 3.05) is 18.5 Å². The maximum atomic E-state index is 12.2. The molecule has 1 aromatic heterocycles. The molecule has 24 heavy (non-hydrogen) atoms. The van der Waals surface area contributed by atoms with Crippen LogP contribution in [-0.2, 0) is 16.6 Å². The third-order valence-corrected chi connectivity index (χ3v) is 3.62. The number of hydrogen-bond acceptors (Lipinski definition) is 5. The summed E-state index contributed by atoms with van der Waals surface area (Å²) in [5, 5.41) is 2.70. The fraction of sp³-hybridized carbons (Fsp3) is 0.294. The highest BCUT2D eigenvalue weighted by Gasteiger charge is 2.21. The Morgan fingerprint density at radius 2 is 1.96 bits per heavy atom. The molecule has 1 amide bonds.